The molecule has 0 radical (unpaired) electrons. The topological polar surface area (TPSA) is 73.9 Å². The molecule has 2 aromatic rings. The van der Waals surface area contributed by atoms with Gasteiger partial charge in [-0.15, -0.1) is 0 Å². The normalized spacial score (nSPS) is 20.7. The predicted molar refractivity (Wildman–Crippen MR) is 117 cm³/mol. The Hall–Kier alpha value is -3.28. The molecular weight excluding hydrogens is 394 g/mol. The second-order valence-electron chi connectivity index (χ2n) is 7.80. The van der Waals surface area contributed by atoms with Crippen LogP contribution in [-0.2, 0) is 9.59 Å². The maximum atomic E-state index is 13.4. The van der Waals surface area contributed by atoms with Crippen molar-refractivity contribution in [2.75, 3.05) is 20.8 Å². The van der Waals surface area contributed by atoms with Crippen molar-refractivity contribution >= 4 is 11.7 Å². The number of hydrogen-bond donors (Lipinski definition) is 1. The molecule has 1 N–H and O–H groups in total. The number of methoxy groups -OCH3 is 2. The molecule has 1 aliphatic carbocycles. The van der Waals surface area contributed by atoms with E-state index in [0.29, 0.717) is 42.2 Å². The monoisotopic (exact) mass is 421 g/mol. The van der Waals surface area contributed by atoms with E-state index in [4.69, 9.17) is 14.2 Å². The summed E-state index contributed by atoms with van der Waals surface area (Å²) in [6, 6.07) is 13.3. The summed E-state index contributed by atoms with van der Waals surface area (Å²) in [6.45, 7) is 2.44. The molecule has 2 aromatic carbocycles. The van der Waals surface area contributed by atoms with E-state index in [9.17, 15) is 9.59 Å². The smallest absolute Gasteiger partial charge is 0.225 e. The Labute approximate surface area is 182 Å². The third kappa shape index (κ3) is 4.02. The number of carbonyl (C=O) groups excluding carboxylic acids is 2. The largest absolute Gasteiger partial charge is 0.497 e. The Morgan fingerprint density at radius 1 is 0.935 bits per heavy atom. The van der Waals surface area contributed by atoms with Gasteiger partial charge in [0.2, 0.25) is 5.91 Å². The zero-order valence-corrected chi connectivity index (χ0v) is 18.1. The van der Waals surface area contributed by atoms with Crippen LogP contribution in [0, 0.1) is 0 Å². The van der Waals surface area contributed by atoms with Gasteiger partial charge in [-0.25, -0.2) is 0 Å². The van der Waals surface area contributed by atoms with Gasteiger partial charge in [0.1, 0.15) is 17.2 Å². The van der Waals surface area contributed by atoms with Gasteiger partial charge in [0.15, 0.2) is 5.78 Å². The van der Waals surface area contributed by atoms with Crippen molar-refractivity contribution in [3.8, 4) is 17.2 Å². The maximum absolute atomic E-state index is 13.4. The van der Waals surface area contributed by atoms with E-state index in [0.717, 1.165) is 16.9 Å². The van der Waals surface area contributed by atoms with E-state index < -0.39 is 0 Å². The summed E-state index contributed by atoms with van der Waals surface area (Å²) in [5.74, 6) is 1.71. The Morgan fingerprint density at radius 3 is 2.48 bits per heavy atom. The molecule has 0 saturated heterocycles. The Kier molecular flexibility index (Phi) is 5.98. The van der Waals surface area contributed by atoms with Crippen LogP contribution in [0.3, 0.4) is 0 Å². The maximum Gasteiger partial charge on any atom is 0.225 e. The molecule has 0 fully saturated rings. The van der Waals surface area contributed by atoms with Gasteiger partial charge in [0, 0.05) is 47.1 Å². The summed E-state index contributed by atoms with van der Waals surface area (Å²) in [6.07, 6.45) is 1.15. The standard InChI is InChI=1S/C25H27NO5/c1-4-31-23-8-6-5-7-17(23)19-14-24(28)26-20-11-15(12-21(27)25(19)20)18-13-16(29-2)9-10-22(18)30-3/h5-10,13,15,19H,4,11-12,14H2,1-3H3,(H,26,28)/t15-,19-/m0/s1. The molecule has 0 saturated carbocycles. The van der Waals surface area contributed by atoms with Crippen LogP contribution >= 0.6 is 0 Å². The summed E-state index contributed by atoms with van der Waals surface area (Å²) < 4.78 is 16.7. The van der Waals surface area contributed by atoms with E-state index >= 15 is 0 Å². The van der Waals surface area contributed by atoms with Crippen LogP contribution in [0.15, 0.2) is 53.7 Å². The second kappa shape index (κ2) is 8.84. The molecule has 1 heterocycles. The molecule has 162 valence electrons. The van der Waals surface area contributed by atoms with Crippen LogP contribution in [0.4, 0.5) is 0 Å². The van der Waals surface area contributed by atoms with Crippen LogP contribution in [-0.4, -0.2) is 32.5 Å². The van der Waals surface area contributed by atoms with Gasteiger partial charge in [0.05, 0.1) is 20.8 Å². The average molecular weight is 421 g/mol. The molecule has 2 aliphatic rings. The third-order valence-corrected chi connectivity index (χ3v) is 6.01. The number of para-hydroxylation sites is 1. The highest BCUT2D eigenvalue weighted by Gasteiger charge is 2.39. The molecule has 6 heteroatoms. The van der Waals surface area contributed by atoms with Crippen molar-refractivity contribution < 1.29 is 23.8 Å². The van der Waals surface area contributed by atoms with E-state index in [-0.39, 0.29) is 29.9 Å². The number of ketones is 1. The first-order chi connectivity index (χ1) is 15.0. The molecular formula is C25H27NO5. The third-order valence-electron chi connectivity index (χ3n) is 6.01. The second-order valence-corrected chi connectivity index (χ2v) is 7.80. The minimum absolute atomic E-state index is 0.0485. The predicted octanol–water partition coefficient (Wildman–Crippen LogP) is 4.11. The summed E-state index contributed by atoms with van der Waals surface area (Å²) in [4.78, 5) is 26.0. The van der Waals surface area contributed by atoms with Crippen LogP contribution < -0.4 is 19.5 Å². The fourth-order valence-electron chi connectivity index (χ4n) is 4.66. The zero-order valence-electron chi connectivity index (χ0n) is 18.1. The molecule has 2 atom stereocenters. The fourth-order valence-corrected chi connectivity index (χ4v) is 4.66. The van der Waals surface area contributed by atoms with Crippen molar-refractivity contribution in [3.63, 3.8) is 0 Å². The molecule has 31 heavy (non-hydrogen) atoms. The summed E-state index contributed by atoms with van der Waals surface area (Å²) in [5.41, 5.74) is 3.20. The van der Waals surface area contributed by atoms with Crippen LogP contribution in [0.1, 0.15) is 49.1 Å². The van der Waals surface area contributed by atoms with Gasteiger partial charge < -0.3 is 19.5 Å². The Bertz CT molecular complexity index is 1040. The average Bonchev–Trinajstić information content (AvgIpc) is 2.78. The highest BCUT2D eigenvalue weighted by Crippen LogP contribution is 2.46. The summed E-state index contributed by atoms with van der Waals surface area (Å²) >= 11 is 0. The fraction of sp³-hybridized carbons (Fsp3) is 0.360. The number of Topliss-reactive ketones (excluding diaryl/α,β-unsaturated/α-hetero) is 1. The van der Waals surface area contributed by atoms with Gasteiger partial charge in [-0.1, -0.05) is 18.2 Å². The van der Waals surface area contributed by atoms with E-state index in [1.165, 1.54) is 0 Å². The lowest BCUT2D eigenvalue weighted by Gasteiger charge is -2.35. The van der Waals surface area contributed by atoms with E-state index in [1.54, 1.807) is 14.2 Å². The first-order valence-corrected chi connectivity index (χ1v) is 10.5. The molecule has 0 aromatic heterocycles. The number of ether oxygens (including phenoxy) is 3. The first kappa shape index (κ1) is 21.0. The molecule has 0 spiro atoms. The lowest BCUT2D eigenvalue weighted by atomic mass is 9.73. The van der Waals surface area contributed by atoms with E-state index in [1.807, 2.05) is 49.4 Å². The minimum Gasteiger partial charge on any atom is -0.497 e. The highest BCUT2D eigenvalue weighted by atomic mass is 16.5. The number of benzene rings is 2. The van der Waals surface area contributed by atoms with Gasteiger partial charge in [-0.3, -0.25) is 9.59 Å². The number of allylic oxidation sites excluding steroid dienone is 2. The van der Waals surface area contributed by atoms with Crippen LogP contribution in [0.25, 0.3) is 0 Å². The van der Waals surface area contributed by atoms with Crippen LogP contribution in [0.5, 0.6) is 17.2 Å². The zero-order chi connectivity index (χ0) is 22.0. The molecule has 0 bridgehead atoms. The number of amides is 1. The van der Waals surface area contributed by atoms with Gasteiger partial charge in [-0.05, 0) is 37.6 Å². The molecule has 0 unspecified atom stereocenters. The van der Waals surface area contributed by atoms with Crippen LogP contribution in [0.2, 0.25) is 0 Å². The minimum atomic E-state index is -0.299. The molecule has 6 nitrogen and oxygen atoms in total. The number of rotatable bonds is 6. The van der Waals surface area contributed by atoms with Crippen molar-refractivity contribution in [1.29, 1.82) is 0 Å². The van der Waals surface area contributed by atoms with Crippen molar-refractivity contribution in [1.82, 2.24) is 5.32 Å². The number of carbonyl (C=O) groups is 2. The first-order valence-electron chi connectivity index (χ1n) is 10.5. The van der Waals surface area contributed by atoms with Crippen molar-refractivity contribution in [2.45, 2.75) is 38.0 Å². The number of nitrogens with one attached hydrogen (secondary N) is 1. The quantitative estimate of drug-likeness (QED) is 0.760. The highest BCUT2D eigenvalue weighted by molar-refractivity contribution is 6.02. The summed E-state index contributed by atoms with van der Waals surface area (Å²) in [7, 11) is 3.23. The van der Waals surface area contributed by atoms with Gasteiger partial charge in [-0.2, -0.15) is 0 Å². The SMILES string of the molecule is CCOc1ccccc1[C@@H]1CC(=O)NC2=C1C(=O)C[C@@H](c1cc(OC)ccc1OC)C2. The van der Waals surface area contributed by atoms with E-state index in [2.05, 4.69) is 5.32 Å². The molecule has 1 aliphatic heterocycles. The van der Waals surface area contributed by atoms with Crippen molar-refractivity contribution in [2.24, 2.45) is 0 Å². The van der Waals surface area contributed by atoms with Gasteiger partial charge in [0.25, 0.3) is 0 Å². The Balaban J connectivity index is 1.74. The number of hydrogen-bond acceptors (Lipinski definition) is 5. The lowest BCUT2D eigenvalue weighted by molar-refractivity contribution is -0.122. The molecule has 1 amide bonds. The summed E-state index contributed by atoms with van der Waals surface area (Å²) in [5, 5.41) is 2.97. The Morgan fingerprint density at radius 2 is 1.74 bits per heavy atom. The van der Waals surface area contributed by atoms with Gasteiger partial charge >= 0.3 is 0 Å². The van der Waals surface area contributed by atoms with Crippen molar-refractivity contribution in [3.05, 3.63) is 64.9 Å². The lowest BCUT2D eigenvalue weighted by Crippen LogP contribution is -2.38. The molecule has 4 rings (SSSR count).